The fraction of sp³-hybridized carbons (Fsp3) is 0.867. The van der Waals surface area contributed by atoms with Crippen molar-refractivity contribution in [3.8, 4) is 0 Å². The smallest absolute Gasteiger partial charge is 0.310 e. The molecule has 4 nitrogen and oxygen atoms in total. The Morgan fingerprint density at radius 1 is 1.53 bits per heavy atom. The van der Waals surface area contributed by atoms with Crippen LogP contribution in [0.3, 0.4) is 0 Å². The maximum absolute atomic E-state index is 12.3. The van der Waals surface area contributed by atoms with Gasteiger partial charge in [0, 0.05) is 6.42 Å². The Kier molecular flexibility index (Phi) is 3.88. The molecule has 0 aromatic rings. The van der Waals surface area contributed by atoms with E-state index >= 15 is 0 Å². The number of ether oxygens (including phenoxy) is 2. The number of carbonyl (C=O) groups excluding carboxylic acids is 2. The molecule has 0 radical (unpaired) electrons. The van der Waals surface area contributed by atoms with Gasteiger partial charge in [-0.1, -0.05) is 20.3 Å². The van der Waals surface area contributed by atoms with Crippen LogP contribution in [-0.2, 0) is 19.1 Å². The van der Waals surface area contributed by atoms with Crippen LogP contribution in [0.25, 0.3) is 0 Å². The number of fused-ring (bicyclic) bond motifs is 2. The first kappa shape index (κ1) is 14.4. The Hall–Kier alpha value is -1.06. The Balaban J connectivity index is 2.07. The molecule has 19 heavy (non-hydrogen) atoms. The molecule has 2 rings (SSSR count). The lowest BCUT2D eigenvalue weighted by atomic mass is 9.69. The van der Waals surface area contributed by atoms with E-state index in [1.807, 2.05) is 20.8 Å². The van der Waals surface area contributed by atoms with Crippen molar-refractivity contribution >= 4 is 11.9 Å². The molecule has 0 spiro atoms. The van der Waals surface area contributed by atoms with Crippen molar-refractivity contribution in [3.05, 3.63) is 0 Å². The van der Waals surface area contributed by atoms with Gasteiger partial charge < -0.3 is 9.47 Å². The van der Waals surface area contributed by atoms with Gasteiger partial charge in [-0.2, -0.15) is 0 Å². The fourth-order valence-corrected chi connectivity index (χ4v) is 3.65. The molecule has 0 unspecified atom stereocenters. The standard InChI is InChI=1S/C15H24O4/c1-5-6-10(3)18-14(17)12-9(2)7-15(4)8-11(12)13(16)19-15/h9-12H,5-8H2,1-4H3/t9-,10-,11+,12+,15-/m0/s1. The quantitative estimate of drug-likeness (QED) is 0.736. The van der Waals surface area contributed by atoms with Crippen molar-refractivity contribution in [2.45, 2.75) is 65.1 Å². The highest BCUT2D eigenvalue weighted by molar-refractivity contribution is 5.84. The van der Waals surface area contributed by atoms with Gasteiger partial charge in [0.05, 0.1) is 17.9 Å². The van der Waals surface area contributed by atoms with Crippen LogP contribution in [0.2, 0.25) is 0 Å². The van der Waals surface area contributed by atoms with Gasteiger partial charge in [0.1, 0.15) is 5.60 Å². The van der Waals surface area contributed by atoms with E-state index in [9.17, 15) is 9.59 Å². The molecule has 1 saturated carbocycles. The number of rotatable bonds is 4. The summed E-state index contributed by atoms with van der Waals surface area (Å²) in [7, 11) is 0. The maximum atomic E-state index is 12.3. The molecule has 0 amide bonds. The van der Waals surface area contributed by atoms with Gasteiger partial charge in [-0.25, -0.2) is 0 Å². The Morgan fingerprint density at radius 2 is 2.21 bits per heavy atom. The lowest BCUT2D eigenvalue weighted by Crippen LogP contribution is -2.41. The fourth-order valence-electron chi connectivity index (χ4n) is 3.65. The van der Waals surface area contributed by atoms with Crippen LogP contribution in [0.1, 0.15) is 53.4 Å². The predicted molar refractivity (Wildman–Crippen MR) is 70.3 cm³/mol. The number of carbonyl (C=O) groups is 2. The van der Waals surface area contributed by atoms with Gasteiger partial charge in [0.15, 0.2) is 0 Å². The van der Waals surface area contributed by atoms with Gasteiger partial charge in [-0.15, -0.1) is 0 Å². The molecule has 1 heterocycles. The zero-order valence-corrected chi connectivity index (χ0v) is 12.3. The minimum atomic E-state index is -0.368. The maximum Gasteiger partial charge on any atom is 0.310 e. The minimum absolute atomic E-state index is 0.0737. The summed E-state index contributed by atoms with van der Waals surface area (Å²) in [5, 5.41) is 0. The molecule has 5 atom stereocenters. The van der Waals surface area contributed by atoms with Crippen molar-refractivity contribution in [2.75, 3.05) is 0 Å². The van der Waals surface area contributed by atoms with Gasteiger partial charge in [-0.05, 0) is 32.6 Å². The second kappa shape index (κ2) is 5.14. The highest BCUT2D eigenvalue weighted by atomic mass is 16.6. The molecule has 0 N–H and O–H groups in total. The van der Waals surface area contributed by atoms with Crippen LogP contribution >= 0.6 is 0 Å². The van der Waals surface area contributed by atoms with Crippen LogP contribution in [0, 0.1) is 17.8 Å². The summed E-state index contributed by atoms with van der Waals surface area (Å²) >= 11 is 0. The summed E-state index contributed by atoms with van der Waals surface area (Å²) in [6.45, 7) is 7.95. The minimum Gasteiger partial charge on any atom is -0.462 e. The van der Waals surface area contributed by atoms with Crippen LogP contribution < -0.4 is 0 Å². The van der Waals surface area contributed by atoms with Crippen molar-refractivity contribution < 1.29 is 19.1 Å². The first-order valence-corrected chi connectivity index (χ1v) is 7.29. The first-order chi connectivity index (χ1) is 8.86. The molecule has 0 aromatic heterocycles. The lowest BCUT2D eigenvalue weighted by molar-refractivity contribution is -0.161. The van der Waals surface area contributed by atoms with E-state index in [0.717, 1.165) is 19.3 Å². The highest BCUT2D eigenvalue weighted by Gasteiger charge is 2.56. The van der Waals surface area contributed by atoms with Crippen molar-refractivity contribution in [3.63, 3.8) is 0 Å². The molecule has 2 aliphatic rings. The van der Waals surface area contributed by atoms with E-state index in [1.54, 1.807) is 0 Å². The molecule has 2 fully saturated rings. The molecule has 1 saturated heterocycles. The zero-order chi connectivity index (χ0) is 14.2. The van der Waals surface area contributed by atoms with E-state index in [-0.39, 0.29) is 41.4 Å². The summed E-state index contributed by atoms with van der Waals surface area (Å²) in [5.41, 5.74) is -0.368. The summed E-state index contributed by atoms with van der Waals surface area (Å²) in [5.74, 6) is -0.953. The highest BCUT2D eigenvalue weighted by Crippen LogP contribution is 2.48. The van der Waals surface area contributed by atoms with Gasteiger partial charge >= 0.3 is 11.9 Å². The topological polar surface area (TPSA) is 52.6 Å². The molecule has 2 bridgehead atoms. The lowest BCUT2D eigenvalue weighted by Gasteiger charge is -2.35. The van der Waals surface area contributed by atoms with Gasteiger partial charge in [0.2, 0.25) is 0 Å². The average molecular weight is 268 g/mol. The second-order valence-electron chi connectivity index (χ2n) is 6.42. The monoisotopic (exact) mass is 268 g/mol. The predicted octanol–water partition coefficient (Wildman–Crippen LogP) is 2.70. The molecular weight excluding hydrogens is 244 g/mol. The van der Waals surface area contributed by atoms with Crippen molar-refractivity contribution in [1.82, 2.24) is 0 Å². The summed E-state index contributed by atoms with van der Waals surface area (Å²) in [6, 6.07) is 0. The molecule has 1 aliphatic heterocycles. The number of esters is 2. The summed E-state index contributed by atoms with van der Waals surface area (Å²) in [6.07, 6.45) is 3.17. The van der Waals surface area contributed by atoms with E-state index in [1.165, 1.54) is 0 Å². The van der Waals surface area contributed by atoms with Crippen LogP contribution in [0.15, 0.2) is 0 Å². The average Bonchev–Trinajstić information content (AvgIpc) is 2.49. The Morgan fingerprint density at radius 3 is 2.84 bits per heavy atom. The zero-order valence-electron chi connectivity index (χ0n) is 12.3. The van der Waals surface area contributed by atoms with Crippen molar-refractivity contribution in [2.24, 2.45) is 17.8 Å². The third-order valence-corrected chi connectivity index (χ3v) is 4.39. The molecular formula is C15H24O4. The number of hydrogen-bond acceptors (Lipinski definition) is 4. The van der Waals surface area contributed by atoms with Crippen molar-refractivity contribution in [1.29, 1.82) is 0 Å². The van der Waals surface area contributed by atoms with Gasteiger partial charge in [0.25, 0.3) is 0 Å². The SMILES string of the molecule is CCC[C@H](C)OC(=O)[C@@H]1[C@@H](C)C[C@@]2(C)C[C@H]1C(=O)O2. The largest absolute Gasteiger partial charge is 0.462 e. The third-order valence-electron chi connectivity index (χ3n) is 4.39. The van der Waals surface area contributed by atoms with E-state index < -0.39 is 0 Å². The normalized spacial score (nSPS) is 38.7. The molecule has 0 aromatic carbocycles. The summed E-state index contributed by atoms with van der Waals surface area (Å²) in [4.78, 5) is 24.2. The molecule has 1 aliphatic carbocycles. The van der Waals surface area contributed by atoms with E-state index in [2.05, 4.69) is 6.92 Å². The molecule has 4 heteroatoms. The second-order valence-corrected chi connectivity index (χ2v) is 6.42. The van der Waals surface area contributed by atoms with Gasteiger partial charge in [-0.3, -0.25) is 9.59 Å². The Labute approximate surface area is 114 Å². The van der Waals surface area contributed by atoms with Crippen LogP contribution in [0.4, 0.5) is 0 Å². The first-order valence-electron chi connectivity index (χ1n) is 7.29. The third kappa shape index (κ3) is 2.77. The Bertz CT molecular complexity index is 378. The summed E-state index contributed by atoms with van der Waals surface area (Å²) < 4.78 is 10.9. The van der Waals surface area contributed by atoms with Crippen LogP contribution in [-0.4, -0.2) is 23.6 Å². The number of hydrogen-bond donors (Lipinski definition) is 0. The van der Waals surface area contributed by atoms with E-state index in [0.29, 0.717) is 6.42 Å². The van der Waals surface area contributed by atoms with E-state index in [4.69, 9.17) is 9.47 Å². The molecule has 108 valence electrons. The van der Waals surface area contributed by atoms with Crippen LogP contribution in [0.5, 0.6) is 0 Å².